The smallest absolute Gasteiger partial charge is 0.247 e. The van der Waals surface area contributed by atoms with E-state index in [1.165, 1.54) is 38.8 Å². The molecule has 0 atom stereocenters. The molecule has 0 aliphatic carbocycles. The van der Waals surface area contributed by atoms with Crippen LogP contribution in [0, 0.1) is 0 Å². The average Bonchev–Trinajstić information content (AvgIpc) is 2.84. The summed E-state index contributed by atoms with van der Waals surface area (Å²) in [5.74, 6) is 0.705. The Morgan fingerprint density at radius 1 is 1.00 bits per heavy atom. The van der Waals surface area contributed by atoms with E-state index in [2.05, 4.69) is 25.7 Å². The number of benzene rings is 1. The van der Waals surface area contributed by atoms with Gasteiger partial charge in [-0.2, -0.15) is 4.68 Å². The van der Waals surface area contributed by atoms with Crippen LogP contribution in [0.3, 0.4) is 0 Å². The lowest BCUT2D eigenvalue weighted by Crippen LogP contribution is -2.30. The molecule has 21 heavy (non-hydrogen) atoms. The minimum Gasteiger partial charge on any atom is -0.351 e. The van der Waals surface area contributed by atoms with Gasteiger partial charge in [-0.25, -0.2) is 0 Å². The highest BCUT2D eigenvalue weighted by molar-refractivity contribution is 5.38. The summed E-state index contributed by atoms with van der Waals surface area (Å²) in [6.45, 7) is 4.34. The Kier molecular flexibility index (Phi) is 4.78. The molecule has 2 aromatic rings. The van der Waals surface area contributed by atoms with E-state index >= 15 is 0 Å². The van der Waals surface area contributed by atoms with Crippen molar-refractivity contribution < 1.29 is 0 Å². The molecule has 0 bridgehead atoms. The van der Waals surface area contributed by atoms with Gasteiger partial charge >= 0.3 is 0 Å². The van der Waals surface area contributed by atoms with E-state index in [0.29, 0.717) is 5.95 Å². The van der Waals surface area contributed by atoms with Crippen LogP contribution in [0.2, 0.25) is 0 Å². The average molecular weight is 286 g/mol. The largest absolute Gasteiger partial charge is 0.351 e. The van der Waals surface area contributed by atoms with E-state index in [-0.39, 0.29) is 0 Å². The summed E-state index contributed by atoms with van der Waals surface area (Å²) in [6.07, 6.45) is 5.38. The lowest BCUT2D eigenvalue weighted by Gasteiger charge is -2.19. The molecule has 6 heteroatoms. The lowest BCUT2D eigenvalue weighted by molar-refractivity contribution is 0.296. The summed E-state index contributed by atoms with van der Waals surface area (Å²) in [7, 11) is 0. The molecule has 0 radical (unpaired) electrons. The summed E-state index contributed by atoms with van der Waals surface area (Å²) in [6, 6.07) is 9.95. The van der Waals surface area contributed by atoms with E-state index in [9.17, 15) is 0 Å². The normalized spacial score (nSPS) is 16.6. The monoisotopic (exact) mass is 286 g/mol. The fraction of sp³-hybridized carbons (Fsp3) is 0.533. The Hall–Kier alpha value is -1.95. The minimum absolute atomic E-state index is 0.705. The van der Waals surface area contributed by atoms with Gasteiger partial charge in [0.1, 0.15) is 0 Å². The number of rotatable bonds is 5. The van der Waals surface area contributed by atoms with Crippen LogP contribution in [0.1, 0.15) is 25.7 Å². The van der Waals surface area contributed by atoms with Gasteiger partial charge in [-0.1, -0.05) is 36.1 Å². The van der Waals surface area contributed by atoms with Crippen molar-refractivity contribution in [1.82, 2.24) is 25.1 Å². The first kappa shape index (κ1) is 14.0. The number of nitrogens with one attached hydrogen (secondary N) is 1. The predicted molar refractivity (Wildman–Crippen MR) is 82.6 cm³/mol. The highest BCUT2D eigenvalue weighted by atomic mass is 15.6. The lowest BCUT2D eigenvalue weighted by atomic mass is 10.2. The molecule has 0 amide bonds. The maximum absolute atomic E-state index is 4.07. The van der Waals surface area contributed by atoms with Gasteiger partial charge in [0.2, 0.25) is 5.95 Å². The van der Waals surface area contributed by atoms with Crippen molar-refractivity contribution in [3.8, 4) is 5.69 Å². The highest BCUT2D eigenvalue weighted by Gasteiger charge is 2.10. The fourth-order valence-corrected chi connectivity index (χ4v) is 2.73. The maximum atomic E-state index is 4.07. The van der Waals surface area contributed by atoms with Gasteiger partial charge in [-0.05, 0) is 48.5 Å². The van der Waals surface area contributed by atoms with Crippen molar-refractivity contribution in [3.63, 3.8) is 0 Å². The zero-order valence-corrected chi connectivity index (χ0v) is 12.3. The van der Waals surface area contributed by atoms with E-state index in [4.69, 9.17) is 0 Å². The van der Waals surface area contributed by atoms with Crippen molar-refractivity contribution in [3.05, 3.63) is 30.3 Å². The molecule has 6 nitrogen and oxygen atoms in total. The minimum atomic E-state index is 0.705. The van der Waals surface area contributed by atoms with Crippen LogP contribution in [-0.4, -0.2) is 51.3 Å². The van der Waals surface area contributed by atoms with Crippen LogP contribution in [-0.2, 0) is 0 Å². The Balaban J connectivity index is 1.55. The van der Waals surface area contributed by atoms with Gasteiger partial charge in [0, 0.05) is 13.1 Å². The Morgan fingerprint density at radius 3 is 2.52 bits per heavy atom. The third-order valence-corrected chi connectivity index (χ3v) is 3.88. The molecule has 1 aromatic carbocycles. The maximum Gasteiger partial charge on any atom is 0.247 e. The van der Waals surface area contributed by atoms with Gasteiger partial charge in [0.05, 0.1) is 5.69 Å². The third kappa shape index (κ3) is 3.78. The van der Waals surface area contributed by atoms with Gasteiger partial charge < -0.3 is 10.2 Å². The Morgan fingerprint density at radius 2 is 1.76 bits per heavy atom. The van der Waals surface area contributed by atoms with E-state index in [1.807, 2.05) is 30.3 Å². The summed E-state index contributed by atoms with van der Waals surface area (Å²) < 4.78 is 1.74. The first-order valence-corrected chi connectivity index (χ1v) is 7.73. The van der Waals surface area contributed by atoms with Crippen LogP contribution < -0.4 is 5.32 Å². The first-order valence-electron chi connectivity index (χ1n) is 7.73. The standard InChI is InChI=1S/C15H22N6/c1-2-7-12-20(11-6-1)13-10-16-15-17-18-19-21(15)14-8-4-3-5-9-14/h3-5,8-9H,1-2,6-7,10-13H2,(H,16,17,19). The SMILES string of the molecule is c1ccc(-n2nnnc2NCCN2CCCCCC2)cc1. The first-order chi connectivity index (χ1) is 10.4. The van der Waals surface area contributed by atoms with Gasteiger partial charge in [0.15, 0.2) is 0 Å². The number of para-hydroxylation sites is 1. The summed E-state index contributed by atoms with van der Waals surface area (Å²) in [5, 5.41) is 15.2. The molecule has 1 aliphatic rings. The topological polar surface area (TPSA) is 58.9 Å². The van der Waals surface area contributed by atoms with Crippen LogP contribution in [0.4, 0.5) is 5.95 Å². The van der Waals surface area contributed by atoms with E-state index < -0.39 is 0 Å². The van der Waals surface area contributed by atoms with Crippen LogP contribution in [0.15, 0.2) is 30.3 Å². The molecule has 1 aliphatic heterocycles. The zero-order chi connectivity index (χ0) is 14.3. The summed E-state index contributed by atoms with van der Waals surface area (Å²) in [5.41, 5.74) is 0.972. The van der Waals surface area contributed by atoms with Crippen LogP contribution >= 0.6 is 0 Å². The van der Waals surface area contributed by atoms with Gasteiger partial charge in [0.25, 0.3) is 0 Å². The van der Waals surface area contributed by atoms with Crippen molar-refractivity contribution in [2.75, 3.05) is 31.5 Å². The zero-order valence-electron chi connectivity index (χ0n) is 12.3. The molecule has 1 aromatic heterocycles. The molecule has 112 valence electrons. The molecule has 1 N–H and O–H groups in total. The number of anilines is 1. The second-order valence-corrected chi connectivity index (χ2v) is 5.43. The molecular formula is C15H22N6. The molecule has 1 saturated heterocycles. The molecule has 1 fully saturated rings. The Bertz CT molecular complexity index is 530. The van der Waals surface area contributed by atoms with Gasteiger partial charge in [-0.3, -0.25) is 0 Å². The fourth-order valence-electron chi connectivity index (χ4n) is 2.73. The number of hydrogen-bond acceptors (Lipinski definition) is 5. The molecule has 3 rings (SSSR count). The molecule has 0 spiro atoms. The molecule has 0 saturated carbocycles. The van der Waals surface area contributed by atoms with E-state index in [1.54, 1.807) is 4.68 Å². The van der Waals surface area contributed by atoms with Crippen LogP contribution in [0.25, 0.3) is 5.69 Å². The van der Waals surface area contributed by atoms with Crippen molar-refractivity contribution in [2.24, 2.45) is 0 Å². The molecular weight excluding hydrogens is 264 g/mol. The number of aromatic nitrogens is 4. The summed E-state index contributed by atoms with van der Waals surface area (Å²) >= 11 is 0. The quantitative estimate of drug-likeness (QED) is 0.910. The van der Waals surface area contributed by atoms with Gasteiger partial charge in [-0.15, -0.1) is 0 Å². The van der Waals surface area contributed by atoms with E-state index in [0.717, 1.165) is 18.8 Å². The number of likely N-dealkylation sites (tertiary alicyclic amines) is 1. The third-order valence-electron chi connectivity index (χ3n) is 3.88. The van der Waals surface area contributed by atoms with Crippen molar-refractivity contribution in [2.45, 2.75) is 25.7 Å². The van der Waals surface area contributed by atoms with Crippen LogP contribution in [0.5, 0.6) is 0 Å². The highest BCUT2D eigenvalue weighted by Crippen LogP contribution is 2.11. The summed E-state index contributed by atoms with van der Waals surface area (Å²) in [4.78, 5) is 2.52. The number of hydrogen-bond donors (Lipinski definition) is 1. The number of nitrogens with zero attached hydrogens (tertiary/aromatic N) is 5. The molecule has 0 unspecified atom stereocenters. The van der Waals surface area contributed by atoms with Crippen molar-refractivity contribution >= 4 is 5.95 Å². The van der Waals surface area contributed by atoms with Crippen molar-refractivity contribution in [1.29, 1.82) is 0 Å². The second kappa shape index (κ2) is 7.17. The molecule has 2 heterocycles. The number of tetrazole rings is 1. The Labute approximate surface area is 125 Å². The second-order valence-electron chi connectivity index (χ2n) is 5.43. The predicted octanol–water partition coefficient (Wildman–Crippen LogP) is 1.95.